The average molecular weight is 316 g/mol. The topological polar surface area (TPSA) is 49.4 Å². The highest BCUT2D eigenvalue weighted by molar-refractivity contribution is 5.94. The number of rotatable bonds is 2. The Labute approximate surface area is 139 Å². The molecule has 1 unspecified atom stereocenters. The smallest absolute Gasteiger partial charge is 0.229 e. The van der Waals surface area contributed by atoms with Crippen molar-refractivity contribution in [3.8, 4) is 0 Å². The normalized spacial score (nSPS) is 18.7. The number of nitrogens with one attached hydrogen (secondary N) is 1. The summed E-state index contributed by atoms with van der Waals surface area (Å²) in [6.07, 6.45) is 1.72. The lowest BCUT2D eigenvalue weighted by Crippen LogP contribution is -2.47. The quantitative estimate of drug-likeness (QED) is 0.907. The third-order valence-corrected chi connectivity index (χ3v) is 4.36. The number of carbonyl (C=O) groups is 2. The highest BCUT2D eigenvalue weighted by Gasteiger charge is 2.33. The van der Waals surface area contributed by atoms with Gasteiger partial charge in [-0.1, -0.05) is 38.5 Å². The van der Waals surface area contributed by atoms with Crippen molar-refractivity contribution in [1.29, 1.82) is 0 Å². The molecule has 2 amide bonds. The first kappa shape index (κ1) is 17.5. The fourth-order valence-corrected chi connectivity index (χ4v) is 3.04. The van der Waals surface area contributed by atoms with Crippen LogP contribution in [0.15, 0.2) is 18.2 Å². The average Bonchev–Trinajstić information content (AvgIpc) is 2.48. The van der Waals surface area contributed by atoms with Gasteiger partial charge in [0.15, 0.2) is 0 Å². The second-order valence-corrected chi connectivity index (χ2v) is 7.65. The molecular formula is C19H28N2O2. The molecule has 0 aromatic heterocycles. The minimum absolute atomic E-state index is 0.0170. The van der Waals surface area contributed by atoms with E-state index in [1.807, 2.05) is 51.7 Å². The van der Waals surface area contributed by atoms with Crippen molar-refractivity contribution in [3.63, 3.8) is 0 Å². The summed E-state index contributed by atoms with van der Waals surface area (Å²) in [5.74, 6) is 0.0145. The van der Waals surface area contributed by atoms with Crippen LogP contribution in [0.2, 0.25) is 0 Å². The Kier molecular flexibility index (Phi) is 5.12. The molecule has 0 spiro atoms. The first-order chi connectivity index (χ1) is 10.7. The SMILES string of the molecule is Cc1ccc(NC(=O)C2CCCN(C(=O)C(C)(C)C)C2)c(C)c1. The molecule has 1 heterocycles. The van der Waals surface area contributed by atoms with E-state index in [9.17, 15) is 9.59 Å². The maximum atomic E-state index is 12.6. The summed E-state index contributed by atoms with van der Waals surface area (Å²) in [7, 11) is 0. The summed E-state index contributed by atoms with van der Waals surface area (Å²) in [5, 5.41) is 3.03. The number of nitrogens with zero attached hydrogens (tertiary/aromatic N) is 1. The molecule has 0 aliphatic carbocycles. The van der Waals surface area contributed by atoms with Crippen molar-refractivity contribution >= 4 is 17.5 Å². The molecule has 1 N–H and O–H groups in total. The lowest BCUT2D eigenvalue weighted by atomic mass is 9.91. The van der Waals surface area contributed by atoms with Gasteiger partial charge in [0.1, 0.15) is 0 Å². The van der Waals surface area contributed by atoms with E-state index >= 15 is 0 Å². The van der Waals surface area contributed by atoms with Gasteiger partial charge in [0.25, 0.3) is 0 Å². The fourth-order valence-electron chi connectivity index (χ4n) is 3.04. The number of likely N-dealkylation sites (tertiary alicyclic amines) is 1. The van der Waals surface area contributed by atoms with Crippen LogP contribution in [-0.2, 0) is 9.59 Å². The maximum absolute atomic E-state index is 12.6. The zero-order valence-corrected chi connectivity index (χ0v) is 14.9. The van der Waals surface area contributed by atoms with Gasteiger partial charge < -0.3 is 10.2 Å². The van der Waals surface area contributed by atoms with E-state index in [0.717, 1.165) is 30.6 Å². The van der Waals surface area contributed by atoms with Crippen LogP contribution in [-0.4, -0.2) is 29.8 Å². The molecule has 2 rings (SSSR count). The molecule has 1 aliphatic rings. The molecule has 0 bridgehead atoms. The van der Waals surface area contributed by atoms with E-state index < -0.39 is 5.41 Å². The van der Waals surface area contributed by atoms with Crippen LogP contribution in [0, 0.1) is 25.2 Å². The Balaban J connectivity index is 2.03. The van der Waals surface area contributed by atoms with Gasteiger partial charge in [-0.25, -0.2) is 0 Å². The summed E-state index contributed by atoms with van der Waals surface area (Å²) < 4.78 is 0. The van der Waals surface area contributed by atoms with Gasteiger partial charge in [0.05, 0.1) is 5.92 Å². The van der Waals surface area contributed by atoms with Gasteiger partial charge in [-0.05, 0) is 38.3 Å². The van der Waals surface area contributed by atoms with Gasteiger partial charge in [-0.15, -0.1) is 0 Å². The third-order valence-electron chi connectivity index (χ3n) is 4.36. The summed E-state index contributed by atoms with van der Waals surface area (Å²) in [4.78, 5) is 26.8. The highest BCUT2D eigenvalue weighted by atomic mass is 16.2. The summed E-state index contributed by atoms with van der Waals surface area (Å²) in [6, 6.07) is 6.01. The Morgan fingerprint density at radius 3 is 2.52 bits per heavy atom. The monoisotopic (exact) mass is 316 g/mol. The molecule has 1 aromatic carbocycles. The van der Waals surface area contributed by atoms with E-state index in [2.05, 4.69) is 11.4 Å². The van der Waals surface area contributed by atoms with E-state index in [-0.39, 0.29) is 17.7 Å². The van der Waals surface area contributed by atoms with Crippen molar-refractivity contribution in [2.24, 2.45) is 11.3 Å². The van der Waals surface area contributed by atoms with Crippen molar-refractivity contribution in [2.75, 3.05) is 18.4 Å². The Morgan fingerprint density at radius 1 is 1.22 bits per heavy atom. The van der Waals surface area contributed by atoms with Gasteiger partial charge in [-0.2, -0.15) is 0 Å². The summed E-state index contributed by atoms with van der Waals surface area (Å²) in [6.45, 7) is 11.1. The van der Waals surface area contributed by atoms with Gasteiger partial charge >= 0.3 is 0 Å². The van der Waals surface area contributed by atoms with Crippen molar-refractivity contribution in [3.05, 3.63) is 29.3 Å². The second-order valence-electron chi connectivity index (χ2n) is 7.65. The van der Waals surface area contributed by atoms with E-state index in [4.69, 9.17) is 0 Å². The molecule has 4 nitrogen and oxygen atoms in total. The van der Waals surface area contributed by atoms with Crippen LogP contribution in [0.1, 0.15) is 44.7 Å². The lowest BCUT2D eigenvalue weighted by molar-refractivity contribution is -0.142. The molecule has 1 saturated heterocycles. The molecule has 1 fully saturated rings. The molecular weight excluding hydrogens is 288 g/mol. The van der Waals surface area contributed by atoms with E-state index in [1.54, 1.807) is 0 Å². The van der Waals surface area contributed by atoms with Crippen LogP contribution in [0.5, 0.6) is 0 Å². The minimum atomic E-state index is -0.397. The number of anilines is 1. The van der Waals surface area contributed by atoms with E-state index in [1.165, 1.54) is 5.56 Å². The number of amides is 2. The van der Waals surface area contributed by atoms with Crippen LogP contribution >= 0.6 is 0 Å². The van der Waals surface area contributed by atoms with Crippen molar-refractivity contribution in [1.82, 2.24) is 4.90 Å². The maximum Gasteiger partial charge on any atom is 0.229 e. The molecule has 1 atom stereocenters. The van der Waals surface area contributed by atoms with E-state index in [0.29, 0.717) is 6.54 Å². The third kappa shape index (κ3) is 4.34. The zero-order chi connectivity index (χ0) is 17.2. The predicted molar refractivity (Wildman–Crippen MR) is 93.3 cm³/mol. The number of aryl methyl sites for hydroxylation is 2. The number of carbonyl (C=O) groups excluding carboxylic acids is 2. The van der Waals surface area contributed by atoms with Gasteiger partial charge in [0, 0.05) is 24.2 Å². The lowest BCUT2D eigenvalue weighted by Gasteiger charge is -2.36. The number of hydrogen-bond donors (Lipinski definition) is 1. The van der Waals surface area contributed by atoms with Gasteiger partial charge in [0.2, 0.25) is 11.8 Å². The molecule has 1 aromatic rings. The van der Waals surface area contributed by atoms with Crippen LogP contribution < -0.4 is 5.32 Å². The molecule has 1 aliphatic heterocycles. The van der Waals surface area contributed by atoms with Crippen molar-refractivity contribution in [2.45, 2.75) is 47.5 Å². The number of piperidine rings is 1. The zero-order valence-electron chi connectivity index (χ0n) is 14.9. The van der Waals surface area contributed by atoms with Gasteiger partial charge in [-0.3, -0.25) is 9.59 Å². The summed E-state index contributed by atoms with van der Waals surface area (Å²) in [5.41, 5.74) is 2.71. The molecule has 0 radical (unpaired) electrons. The first-order valence-corrected chi connectivity index (χ1v) is 8.36. The summed E-state index contributed by atoms with van der Waals surface area (Å²) >= 11 is 0. The first-order valence-electron chi connectivity index (χ1n) is 8.36. The molecule has 23 heavy (non-hydrogen) atoms. The highest BCUT2D eigenvalue weighted by Crippen LogP contribution is 2.25. The van der Waals surface area contributed by atoms with Crippen LogP contribution in [0.3, 0.4) is 0 Å². The minimum Gasteiger partial charge on any atom is -0.341 e. The number of hydrogen-bond acceptors (Lipinski definition) is 2. The predicted octanol–water partition coefficient (Wildman–Crippen LogP) is 3.53. The largest absolute Gasteiger partial charge is 0.341 e. The fraction of sp³-hybridized carbons (Fsp3) is 0.579. The number of benzene rings is 1. The standard InChI is InChI=1S/C19H28N2O2/c1-13-8-9-16(14(2)11-13)20-17(22)15-7-6-10-21(12-15)18(23)19(3,4)5/h8-9,11,15H,6-7,10,12H2,1-5H3,(H,20,22). The Hall–Kier alpha value is -1.84. The van der Waals surface area contributed by atoms with Crippen molar-refractivity contribution < 1.29 is 9.59 Å². The molecule has 4 heteroatoms. The van der Waals surface area contributed by atoms with Crippen LogP contribution in [0.25, 0.3) is 0 Å². The molecule has 126 valence electrons. The molecule has 0 saturated carbocycles. The Morgan fingerprint density at radius 2 is 1.91 bits per heavy atom. The van der Waals surface area contributed by atoms with Crippen LogP contribution in [0.4, 0.5) is 5.69 Å². The second kappa shape index (κ2) is 6.73. The Bertz CT molecular complexity index is 602.